The van der Waals surface area contributed by atoms with Crippen LogP contribution < -0.4 is 5.14 Å². The van der Waals surface area contributed by atoms with Crippen LogP contribution in [0.4, 0.5) is 0 Å². The number of carbonyl (C=O) groups is 1. The Morgan fingerprint density at radius 1 is 1.18 bits per heavy atom. The van der Waals surface area contributed by atoms with E-state index >= 15 is 0 Å². The highest BCUT2D eigenvalue weighted by Gasteiger charge is 2.44. The number of aliphatic hydroxyl groups is 1. The van der Waals surface area contributed by atoms with Crippen LogP contribution in [0.15, 0.2) is 46.7 Å². The van der Waals surface area contributed by atoms with Gasteiger partial charge in [-0.2, -0.15) is 0 Å². The molecule has 1 aromatic carbocycles. The van der Waals surface area contributed by atoms with E-state index in [2.05, 4.69) is 4.98 Å². The molecule has 1 unspecified atom stereocenters. The zero-order valence-electron chi connectivity index (χ0n) is 19.7. The molecule has 0 bridgehead atoms. The Kier molecular flexibility index (Phi) is 7.33. The zero-order chi connectivity index (χ0) is 24.4. The number of nitrogens with two attached hydrogens (primary N) is 1. The van der Waals surface area contributed by atoms with Crippen molar-refractivity contribution >= 4 is 16.0 Å². The first-order chi connectivity index (χ1) is 15.6. The zero-order valence-corrected chi connectivity index (χ0v) is 20.5. The first-order valence-corrected chi connectivity index (χ1v) is 12.9. The first-order valence-electron chi connectivity index (χ1n) is 11.4. The summed E-state index contributed by atoms with van der Waals surface area (Å²) in [6.07, 6.45) is 3.47. The van der Waals surface area contributed by atoms with E-state index < -0.39 is 27.5 Å². The van der Waals surface area contributed by atoms with Gasteiger partial charge >= 0.3 is 5.97 Å². The summed E-state index contributed by atoms with van der Waals surface area (Å²) in [5, 5.41) is 16.3. The Hall–Kier alpha value is -2.65. The molecule has 0 amide bonds. The van der Waals surface area contributed by atoms with E-state index in [0.29, 0.717) is 30.7 Å². The number of aliphatic hydroxyl groups excluding tert-OH is 1. The molecule has 3 rings (SSSR count). The van der Waals surface area contributed by atoms with Crippen LogP contribution in [0.2, 0.25) is 0 Å². The lowest BCUT2D eigenvalue weighted by Gasteiger charge is -2.38. The fourth-order valence-corrected chi connectivity index (χ4v) is 5.71. The molecule has 0 fully saturated rings. The van der Waals surface area contributed by atoms with Crippen molar-refractivity contribution in [3.05, 3.63) is 47.4 Å². The summed E-state index contributed by atoms with van der Waals surface area (Å²) in [4.78, 5) is 17.6. The Morgan fingerprint density at radius 2 is 1.79 bits per heavy atom. The predicted molar refractivity (Wildman–Crippen MR) is 126 cm³/mol. The molecule has 2 aromatic rings. The number of sulfonamides is 1. The van der Waals surface area contributed by atoms with Crippen LogP contribution in [0.1, 0.15) is 70.9 Å². The third kappa shape index (κ3) is 4.84. The van der Waals surface area contributed by atoms with Crippen molar-refractivity contribution in [1.82, 2.24) is 9.55 Å². The largest absolute Gasteiger partial charge is 0.512 e. The van der Waals surface area contributed by atoms with Crippen LogP contribution in [0.25, 0.3) is 11.4 Å². The normalized spacial score (nSPS) is 17.2. The lowest BCUT2D eigenvalue weighted by atomic mass is 9.81. The molecule has 9 heteroatoms. The maximum Gasteiger partial charge on any atom is 0.338 e. The Morgan fingerprint density at radius 3 is 2.27 bits per heavy atom. The van der Waals surface area contributed by atoms with Gasteiger partial charge in [-0.1, -0.05) is 63.9 Å². The monoisotopic (exact) mass is 475 g/mol. The molecule has 0 saturated carbocycles. The average molecular weight is 476 g/mol. The standard InChI is InChI=1S/C24H33N3O5S/c1-5-13-24(14-6-2)15-18(28)19(23(29)32-24)17(7-3)20-22(33(25,30)31)26-21(27(20)4)16-11-9-8-10-12-16/h8-12,17,28H,5-7,13-15H2,1-4H3,(H2,25,30,31). The second-order valence-electron chi connectivity index (χ2n) is 8.67. The molecule has 1 atom stereocenters. The van der Waals surface area contributed by atoms with Crippen molar-refractivity contribution in [2.75, 3.05) is 0 Å². The number of esters is 1. The molecule has 0 radical (unpaired) electrons. The van der Waals surface area contributed by atoms with E-state index in [9.17, 15) is 18.3 Å². The molecule has 33 heavy (non-hydrogen) atoms. The summed E-state index contributed by atoms with van der Waals surface area (Å²) in [5.74, 6) is -1.01. The summed E-state index contributed by atoms with van der Waals surface area (Å²) >= 11 is 0. The van der Waals surface area contributed by atoms with Gasteiger partial charge in [0.2, 0.25) is 0 Å². The maximum atomic E-state index is 13.2. The van der Waals surface area contributed by atoms with Gasteiger partial charge in [-0.15, -0.1) is 0 Å². The summed E-state index contributed by atoms with van der Waals surface area (Å²) < 4.78 is 32.6. The lowest BCUT2D eigenvalue weighted by molar-refractivity contribution is -0.161. The van der Waals surface area contributed by atoms with Crippen molar-refractivity contribution in [2.45, 2.75) is 75.8 Å². The van der Waals surface area contributed by atoms with Crippen molar-refractivity contribution in [1.29, 1.82) is 0 Å². The highest BCUT2D eigenvalue weighted by Crippen LogP contribution is 2.43. The van der Waals surface area contributed by atoms with Crippen LogP contribution >= 0.6 is 0 Å². The van der Waals surface area contributed by atoms with Gasteiger partial charge in [0.15, 0.2) is 5.03 Å². The lowest BCUT2D eigenvalue weighted by Crippen LogP contribution is -2.41. The predicted octanol–water partition coefficient (Wildman–Crippen LogP) is 4.33. The molecule has 8 nitrogen and oxygen atoms in total. The molecule has 0 saturated heterocycles. The molecular weight excluding hydrogens is 442 g/mol. The Bertz CT molecular complexity index is 1150. The summed E-state index contributed by atoms with van der Waals surface area (Å²) in [7, 11) is -2.51. The molecule has 1 aliphatic heterocycles. The number of hydrogen-bond acceptors (Lipinski definition) is 6. The molecular formula is C24H33N3O5S. The molecule has 3 N–H and O–H groups in total. The van der Waals surface area contributed by atoms with Crippen molar-refractivity contribution in [3.63, 3.8) is 0 Å². The van der Waals surface area contributed by atoms with E-state index in [1.54, 1.807) is 11.6 Å². The van der Waals surface area contributed by atoms with Gasteiger partial charge in [0.25, 0.3) is 10.0 Å². The third-order valence-corrected chi connectivity index (χ3v) is 7.07. The van der Waals surface area contributed by atoms with E-state index in [4.69, 9.17) is 9.88 Å². The van der Waals surface area contributed by atoms with Crippen molar-refractivity contribution in [2.24, 2.45) is 12.2 Å². The summed E-state index contributed by atoms with van der Waals surface area (Å²) in [6, 6.07) is 9.13. The van der Waals surface area contributed by atoms with Gasteiger partial charge in [-0.05, 0) is 19.3 Å². The fraction of sp³-hybridized carbons (Fsp3) is 0.500. The highest BCUT2D eigenvalue weighted by atomic mass is 32.2. The summed E-state index contributed by atoms with van der Waals surface area (Å²) in [6.45, 7) is 5.84. The summed E-state index contributed by atoms with van der Waals surface area (Å²) in [5.41, 5.74) is 0.306. The van der Waals surface area contributed by atoms with Gasteiger partial charge in [-0.25, -0.2) is 23.3 Å². The number of primary sulfonamides is 1. The van der Waals surface area contributed by atoms with Crippen LogP contribution in [0, 0.1) is 0 Å². The minimum atomic E-state index is -4.20. The molecule has 2 heterocycles. The Labute approximate surface area is 195 Å². The number of aromatic nitrogens is 2. The van der Waals surface area contributed by atoms with Crippen molar-refractivity contribution in [3.8, 4) is 11.4 Å². The number of cyclic esters (lactones) is 1. The number of ether oxygens (including phenoxy) is 1. The number of benzene rings is 1. The number of nitrogens with zero attached hydrogens (tertiary/aromatic N) is 2. The van der Waals surface area contributed by atoms with E-state index in [1.807, 2.05) is 51.1 Å². The molecule has 0 spiro atoms. The van der Waals surface area contributed by atoms with Gasteiger partial charge in [0, 0.05) is 24.9 Å². The minimum Gasteiger partial charge on any atom is -0.512 e. The second-order valence-corrected chi connectivity index (χ2v) is 10.1. The van der Waals surface area contributed by atoms with Crippen LogP contribution in [0.5, 0.6) is 0 Å². The molecule has 1 aromatic heterocycles. The number of carbonyl (C=O) groups excluding carboxylic acids is 1. The minimum absolute atomic E-state index is 0.0529. The average Bonchev–Trinajstić information content (AvgIpc) is 3.09. The van der Waals surface area contributed by atoms with E-state index in [0.717, 1.165) is 12.8 Å². The third-order valence-electron chi connectivity index (χ3n) is 6.23. The van der Waals surface area contributed by atoms with E-state index in [-0.39, 0.29) is 28.5 Å². The highest BCUT2D eigenvalue weighted by molar-refractivity contribution is 7.89. The maximum absolute atomic E-state index is 13.2. The number of imidazole rings is 1. The SMILES string of the molecule is CCCC1(CCC)CC(O)=C(C(CC)c2c(S(N)(=O)=O)nc(-c3ccccc3)n2C)C(=O)O1. The first kappa shape index (κ1) is 25.0. The Balaban J connectivity index is 2.19. The van der Waals surface area contributed by atoms with Crippen molar-refractivity contribution < 1.29 is 23.1 Å². The molecule has 1 aliphatic rings. The topological polar surface area (TPSA) is 125 Å². The van der Waals surface area contributed by atoms with Crippen LogP contribution in [-0.4, -0.2) is 34.6 Å². The van der Waals surface area contributed by atoms with Gasteiger partial charge < -0.3 is 14.4 Å². The van der Waals surface area contributed by atoms with Crippen LogP contribution in [0.3, 0.4) is 0 Å². The molecule has 0 aliphatic carbocycles. The second kappa shape index (κ2) is 9.69. The number of rotatable bonds is 9. The smallest absolute Gasteiger partial charge is 0.338 e. The quantitative estimate of drug-likeness (QED) is 0.520. The van der Waals surface area contributed by atoms with Gasteiger partial charge in [0.1, 0.15) is 17.2 Å². The number of hydrogen-bond donors (Lipinski definition) is 2. The van der Waals surface area contributed by atoms with Gasteiger partial charge in [0.05, 0.1) is 11.3 Å². The van der Waals surface area contributed by atoms with Crippen LogP contribution in [-0.2, 0) is 26.6 Å². The molecule has 180 valence electrons. The fourth-order valence-electron chi connectivity index (χ4n) is 4.92. The van der Waals surface area contributed by atoms with E-state index in [1.165, 1.54) is 0 Å². The van der Waals surface area contributed by atoms with Gasteiger partial charge in [-0.3, -0.25) is 0 Å².